The van der Waals surface area contributed by atoms with E-state index in [1.54, 1.807) is 0 Å². The molecule has 2 nitrogen and oxygen atoms in total. The van der Waals surface area contributed by atoms with Gasteiger partial charge in [-0.3, -0.25) is 0 Å². The summed E-state index contributed by atoms with van der Waals surface area (Å²) < 4.78 is 5.51. The van der Waals surface area contributed by atoms with Crippen molar-refractivity contribution in [3.63, 3.8) is 0 Å². The maximum atomic E-state index is 5.51. The highest BCUT2D eigenvalue weighted by atomic mass is 16.5. The average molecular weight is 233 g/mol. The number of hydrogen-bond donors (Lipinski definition) is 1. The van der Waals surface area contributed by atoms with Crippen LogP contribution in [0, 0.1) is 5.92 Å². The second kappa shape index (κ2) is 5.54. The Morgan fingerprint density at radius 1 is 1.35 bits per heavy atom. The standard InChI is InChI=1S/C15H23NO/c1-4-11(2)12(3)16-10-13-5-6-15-14(9-13)7-8-17-15/h5-6,9,11-12,16H,4,7-8,10H2,1-3H3. The monoisotopic (exact) mass is 233 g/mol. The molecule has 0 amide bonds. The van der Waals surface area contributed by atoms with Crippen LogP contribution in [-0.4, -0.2) is 12.6 Å². The van der Waals surface area contributed by atoms with Gasteiger partial charge in [-0.25, -0.2) is 0 Å². The van der Waals surface area contributed by atoms with Crippen molar-refractivity contribution in [2.45, 2.75) is 46.2 Å². The summed E-state index contributed by atoms with van der Waals surface area (Å²) in [5.41, 5.74) is 2.73. The van der Waals surface area contributed by atoms with Crippen LogP contribution in [0.2, 0.25) is 0 Å². The summed E-state index contributed by atoms with van der Waals surface area (Å²) in [5.74, 6) is 1.80. The molecule has 2 heteroatoms. The quantitative estimate of drug-likeness (QED) is 0.843. The molecule has 0 saturated carbocycles. The van der Waals surface area contributed by atoms with Crippen LogP contribution in [0.3, 0.4) is 0 Å². The van der Waals surface area contributed by atoms with Crippen LogP contribution in [0.25, 0.3) is 0 Å². The Balaban J connectivity index is 1.91. The lowest BCUT2D eigenvalue weighted by molar-refractivity contribution is 0.356. The van der Waals surface area contributed by atoms with Gasteiger partial charge in [-0.15, -0.1) is 0 Å². The van der Waals surface area contributed by atoms with Crippen molar-refractivity contribution in [1.82, 2.24) is 5.32 Å². The molecular weight excluding hydrogens is 210 g/mol. The molecule has 1 N–H and O–H groups in total. The van der Waals surface area contributed by atoms with Crippen molar-refractivity contribution in [3.05, 3.63) is 29.3 Å². The molecule has 1 aromatic rings. The third-order valence-electron chi connectivity index (χ3n) is 3.88. The summed E-state index contributed by atoms with van der Waals surface area (Å²) >= 11 is 0. The summed E-state index contributed by atoms with van der Waals surface area (Å²) in [4.78, 5) is 0. The van der Waals surface area contributed by atoms with E-state index in [4.69, 9.17) is 4.74 Å². The van der Waals surface area contributed by atoms with Gasteiger partial charge >= 0.3 is 0 Å². The fourth-order valence-corrected chi connectivity index (χ4v) is 2.18. The molecule has 2 rings (SSSR count). The molecule has 0 spiro atoms. The van der Waals surface area contributed by atoms with E-state index in [2.05, 4.69) is 44.3 Å². The number of hydrogen-bond acceptors (Lipinski definition) is 2. The zero-order chi connectivity index (χ0) is 12.3. The zero-order valence-corrected chi connectivity index (χ0v) is 11.1. The Labute approximate surface area is 104 Å². The van der Waals surface area contributed by atoms with Crippen molar-refractivity contribution in [2.24, 2.45) is 5.92 Å². The van der Waals surface area contributed by atoms with E-state index < -0.39 is 0 Å². The summed E-state index contributed by atoms with van der Waals surface area (Å²) in [5, 5.41) is 3.60. The molecule has 0 radical (unpaired) electrons. The van der Waals surface area contributed by atoms with Gasteiger partial charge in [0.2, 0.25) is 0 Å². The van der Waals surface area contributed by atoms with Gasteiger partial charge in [0, 0.05) is 19.0 Å². The Hall–Kier alpha value is -1.02. The average Bonchev–Trinajstić information content (AvgIpc) is 2.82. The maximum absolute atomic E-state index is 5.51. The first-order valence-electron chi connectivity index (χ1n) is 6.68. The normalized spacial score (nSPS) is 17.4. The van der Waals surface area contributed by atoms with E-state index in [0.717, 1.165) is 31.2 Å². The van der Waals surface area contributed by atoms with Gasteiger partial charge in [0.15, 0.2) is 0 Å². The van der Waals surface area contributed by atoms with E-state index >= 15 is 0 Å². The van der Waals surface area contributed by atoms with Gasteiger partial charge in [-0.05, 0) is 30.0 Å². The van der Waals surface area contributed by atoms with Crippen LogP contribution in [-0.2, 0) is 13.0 Å². The first kappa shape index (κ1) is 12.4. The molecule has 0 saturated heterocycles. The molecular formula is C15H23NO. The van der Waals surface area contributed by atoms with E-state index in [1.807, 2.05) is 0 Å². The topological polar surface area (TPSA) is 21.3 Å². The summed E-state index contributed by atoms with van der Waals surface area (Å²) in [6.07, 6.45) is 2.29. The molecule has 0 fully saturated rings. The molecule has 0 bridgehead atoms. The highest BCUT2D eigenvalue weighted by Gasteiger charge is 2.13. The Morgan fingerprint density at radius 2 is 2.18 bits per heavy atom. The van der Waals surface area contributed by atoms with E-state index in [9.17, 15) is 0 Å². The Bertz CT molecular complexity index is 375. The Morgan fingerprint density at radius 3 is 2.94 bits per heavy atom. The lowest BCUT2D eigenvalue weighted by atomic mass is 10.0. The minimum Gasteiger partial charge on any atom is -0.493 e. The lowest BCUT2D eigenvalue weighted by Crippen LogP contribution is -2.31. The van der Waals surface area contributed by atoms with Crippen molar-refractivity contribution in [3.8, 4) is 5.75 Å². The number of nitrogens with one attached hydrogen (secondary N) is 1. The molecule has 2 atom stereocenters. The van der Waals surface area contributed by atoms with Gasteiger partial charge in [0.05, 0.1) is 6.61 Å². The van der Waals surface area contributed by atoms with Gasteiger partial charge in [0.1, 0.15) is 5.75 Å². The molecule has 17 heavy (non-hydrogen) atoms. The van der Waals surface area contributed by atoms with E-state index in [0.29, 0.717) is 6.04 Å². The van der Waals surface area contributed by atoms with E-state index in [1.165, 1.54) is 17.5 Å². The SMILES string of the molecule is CCC(C)C(C)NCc1ccc2c(c1)CCO2. The first-order chi connectivity index (χ1) is 8.20. The van der Waals surface area contributed by atoms with Gasteiger partial charge in [-0.1, -0.05) is 32.4 Å². The highest BCUT2D eigenvalue weighted by molar-refractivity contribution is 5.39. The summed E-state index contributed by atoms with van der Waals surface area (Å²) in [7, 11) is 0. The van der Waals surface area contributed by atoms with Crippen LogP contribution >= 0.6 is 0 Å². The predicted molar refractivity (Wildman–Crippen MR) is 71.4 cm³/mol. The third-order valence-corrected chi connectivity index (χ3v) is 3.88. The molecule has 1 aliphatic heterocycles. The predicted octanol–water partition coefficient (Wildman–Crippen LogP) is 3.15. The summed E-state index contributed by atoms with van der Waals surface area (Å²) in [6.45, 7) is 8.61. The molecule has 1 aliphatic rings. The number of ether oxygens (including phenoxy) is 1. The van der Waals surface area contributed by atoms with Crippen LogP contribution in [0.15, 0.2) is 18.2 Å². The lowest BCUT2D eigenvalue weighted by Gasteiger charge is -2.20. The van der Waals surface area contributed by atoms with Crippen molar-refractivity contribution >= 4 is 0 Å². The number of benzene rings is 1. The second-order valence-corrected chi connectivity index (χ2v) is 5.10. The van der Waals surface area contributed by atoms with Crippen molar-refractivity contribution in [2.75, 3.05) is 6.61 Å². The van der Waals surface area contributed by atoms with E-state index in [-0.39, 0.29) is 0 Å². The number of rotatable bonds is 5. The highest BCUT2D eigenvalue weighted by Crippen LogP contribution is 2.25. The third kappa shape index (κ3) is 3.01. The first-order valence-corrected chi connectivity index (χ1v) is 6.68. The van der Waals surface area contributed by atoms with Gasteiger partial charge in [0.25, 0.3) is 0 Å². The van der Waals surface area contributed by atoms with Crippen LogP contribution in [0.1, 0.15) is 38.3 Å². The largest absolute Gasteiger partial charge is 0.493 e. The van der Waals surface area contributed by atoms with Crippen molar-refractivity contribution < 1.29 is 4.74 Å². The second-order valence-electron chi connectivity index (χ2n) is 5.10. The van der Waals surface area contributed by atoms with Crippen molar-refractivity contribution in [1.29, 1.82) is 0 Å². The molecule has 0 aromatic heterocycles. The zero-order valence-electron chi connectivity index (χ0n) is 11.1. The molecule has 94 valence electrons. The minimum absolute atomic E-state index is 0.574. The molecule has 1 heterocycles. The smallest absolute Gasteiger partial charge is 0.122 e. The van der Waals surface area contributed by atoms with Gasteiger partial charge in [-0.2, -0.15) is 0 Å². The van der Waals surface area contributed by atoms with Gasteiger partial charge < -0.3 is 10.1 Å². The molecule has 2 unspecified atom stereocenters. The maximum Gasteiger partial charge on any atom is 0.122 e. The van der Waals surface area contributed by atoms with Crippen LogP contribution in [0.5, 0.6) is 5.75 Å². The van der Waals surface area contributed by atoms with Crippen LogP contribution in [0.4, 0.5) is 0 Å². The summed E-state index contributed by atoms with van der Waals surface area (Å²) in [6, 6.07) is 7.12. The fraction of sp³-hybridized carbons (Fsp3) is 0.600. The molecule has 0 aliphatic carbocycles. The number of fused-ring (bicyclic) bond motifs is 1. The van der Waals surface area contributed by atoms with Crippen LogP contribution < -0.4 is 10.1 Å². The molecule has 1 aromatic carbocycles. The fourth-order valence-electron chi connectivity index (χ4n) is 2.18. The Kier molecular flexibility index (Phi) is 4.06. The minimum atomic E-state index is 0.574.